The Hall–Kier alpha value is -3.86. The van der Waals surface area contributed by atoms with Crippen LogP contribution in [0.5, 0.6) is 5.75 Å². The summed E-state index contributed by atoms with van der Waals surface area (Å²) in [5.41, 5.74) is 8.14. The highest BCUT2D eigenvalue weighted by atomic mass is 19.1. The number of hydrogen-bond donors (Lipinski definition) is 2. The molecule has 0 unspecified atom stereocenters. The third-order valence-corrected chi connectivity index (χ3v) is 4.05. The summed E-state index contributed by atoms with van der Waals surface area (Å²) in [6.45, 7) is 4.09. The number of rotatable bonds is 8. The summed E-state index contributed by atoms with van der Waals surface area (Å²) in [5.74, 6) is -0.225. The van der Waals surface area contributed by atoms with E-state index in [1.807, 2.05) is 36.4 Å². The first-order chi connectivity index (χ1) is 14.1. The second-order valence-electron chi connectivity index (χ2n) is 6.26. The number of nitrogens with one attached hydrogen (secondary N) is 2. The van der Waals surface area contributed by atoms with Gasteiger partial charge in [-0.05, 0) is 41.5 Å². The Labute approximate surface area is 169 Å². The second kappa shape index (κ2) is 9.90. The lowest BCUT2D eigenvalue weighted by Gasteiger charge is -2.13. The highest BCUT2D eigenvalue weighted by Gasteiger charge is 2.12. The quantitative estimate of drug-likeness (QED) is 0.428. The molecule has 1 amide bonds. The lowest BCUT2D eigenvalue weighted by atomic mass is 10.2. The van der Waals surface area contributed by atoms with Gasteiger partial charge in [-0.2, -0.15) is 0 Å². The minimum atomic E-state index is -0.353. The molecule has 0 aliphatic rings. The van der Waals surface area contributed by atoms with Gasteiger partial charge in [-0.25, -0.2) is 4.39 Å². The summed E-state index contributed by atoms with van der Waals surface area (Å²) < 4.78 is 18.8. The van der Waals surface area contributed by atoms with Crippen molar-refractivity contribution in [3.05, 3.63) is 120 Å². The van der Waals surface area contributed by atoms with Crippen molar-refractivity contribution in [1.82, 2.24) is 10.9 Å². The summed E-state index contributed by atoms with van der Waals surface area (Å²) in [5, 5.41) is 0. The van der Waals surface area contributed by atoms with Gasteiger partial charge in [0.1, 0.15) is 18.2 Å². The number of amides is 1. The first-order valence-corrected chi connectivity index (χ1v) is 9.06. The maximum absolute atomic E-state index is 13.0. The van der Waals surface area contributed by atoms with E-state index < -0.39 is 0 Å². The first kappa shape index (κ1) is 19.9. The summed E-state index contributed by atoms with van der Waals surface area (Å²) in [6.07, 6.45) is 3.66. The van der Waals surface area contributed by atoms with E-state index in [1.165, 1.54) is 12.1 Å². The fourth-order valence-electron chi connectivity index (χ4n) is 2.53. The Balaban J connectivity index is 1.57. The molecule has 4 nitrogen and oxygen atoms in total. The first-order valence-electron chi connectivity index (χ1n) is 9.06. The van der Waals surface area contributed by atoms with Crippen molar-refractivity contribution in [3.8, 4) is 5.75 Å². The normalized spacial score (nSPS) is 10.5. The molecule has 3 aromatic carbocycles. The van der Waals surface area contributed by atoms with Crippen molar-refractivity contribution >= 4 is 12.0 Å². The maximum atomic E-state index is 13.0. The molecule has 3 rings (SSSR count). The van der Waals surface area contributed by atoms with Gasteiger partial charge < -0.3 is 4.74 Å². The van der Waals surface area contributed by atoms with Crippen LogP contribution >= 0.6 is 0 Å². The monoisotopic (exact) mass is 388 g/mol. The number of ether oxygens (including phenoxy) is 1. The van der Waals surface area contributed by atoms with Crippen molar-refractivity contribution in [2.24, 2.45) is 0 Å². The number of carbonyl (C=O) groups is 1. The zero-order valence-electron chi connectivity index (χ0n) is 15.8. The fourth-order valence-corrected chi connectivity index (χ4v) is 2.53. The Morgan fingerprint density at radius 1 is 0.931 bits per heavy atom. The molecule has 2 N–H and O–H groups in total. The number of allylic oxidation sites excluding steroid dienone is 1. The molecule has 0 spiro atoms. The maximum Gasteiger partial charge on any atom is 0.273 e. The number of carbonyl (C=O) groups excluding carboxylic acids is 1. The Morgan fingerprint density at radius 3 is 2.38 bits per heavy atom. The van der Waals surface area contributed by atoms with Gasteiger partial charge in [0.05, 0.1) is 5.56 Å². The third-order valence-electron chi connectivity index (χ3n) is 4.05. The lowest BCUT2D eigenvalue weighted by molar-refractivity contribution is 0.0935. The molecule has 0 atom stereocenters. The highest BCUT2D eigenvalue weighted by Crippen LogP contribution is 2.19. The van der Waals surface area contributed by atoms with Gasteiger partial charge in [0, 0.05) is 5.70 Å². The SMILES string of the molecule is C=C(/C=C/c1ccccc1)NNC(=O)c1ccccc1OCc1ccc(F)cc1. The van der Waals surface area contributed by atoms with Crippen molar-refractivity contribution in [2.75, 3.05) is 0 Å². The minimum Gasteiger partial charge on any atom is -0.488 e. The average molecular weight is 388 g/mol. The van der Waals surface area contributed by atoms with E-state index in [1.54, 1.807) is 42.5 Å². The average Bonchev–Trinajstić information content (AvgIpc) is 2.76. The van der Waals surface area contributed by atoms with Gasteiger partial charge in [0.15, 0.2) is 0 Å². The molecule has 0 aliphatic heterocycles. The van der Waals surface area contributed by atoms with E-state index in [0.29, 0.717) is 17.0 Å². The molecule has 3 aromatic rings. The smallest absolute Gasteiger partial charge is 0.273 e. The van der Waals surface area contributed by atoms with E-state index in [-0.39, 0.29) is 18.3 Å². The van der Waals surface area contributed by atoms with Crippen molar-refractivity contribution < 1.29 is 13.9 Å². The molecule has 0 saturated carbocycles. The van der Waals surface area contributed by atoms with E-state index in [2.05, 4.69) is 17.4 Å². The van der Waals surface area contributed by atoms with Crippen LogP contribution in [0.25, 0.3) is 6.08 Å². The van der Waals surface area contributed by atoms with Crippen LogP contribution in [0, 0.1) is 5.82 Å². The van der Waals surface area contributed by atoms with Crippen LogP contribution in [-0.4, -0.2) is 5.91 Å². The van der Waals surface area contributed by atoms with Crippen LogP contribution in [-0.2, 0) is 6.61 Å². The molecule has 0 bridgehead atoms. The van der Waals surface area contributed by atoms with Crippen LogP contribution < -0.4 is 15.6 Å². The number of benzene rings is 3. The largest absolute Gasteiger partial charge is 0.488 e. The van der Waals surface area contributed by atoms with E-state index in [0.717, 1.165) is 11.1 Å². The van der Waals surface area contributed by atoms with E-state index >= 15 is 0 Å². The summed E-state index contributed by atoms with van der Waals surface area (Å²) in [7, 11) is 0. The van der Waals surface area contributed by atoms with Crippen LogP contribution in [0.2, 0.25) is 0 Å². The fraction of sp³-hybridized carbons (Fsp3) is 0.0417. The molecule has 0 fully saturated rings. The molecule has 5 heteroatoms. The highest BCUT2D eigenvalue weighted by molar-refractivity contribution is 5.96. The summed E-state index contributed by atoms with van der Waals surface area (Å²) in [6, 6.07) is 22.7. The molecule has 0 radical (unpaired) electrons. The number of halogens is 1. The summed E-state index contributed by atoms with van der Waals surface area (Å²) in [4.78, 5) is 12.5. The second-order valence-corrected chi connectivity index (χ2v) is 6.26. The van der Waals surface area contributed by atoms with Gasteiger partial charge in [0.25, 0.3) is 5.91 Å². The van der Waals surface area contributed by atoms with Gasteiger partial charge in [-0.1, -0.05) is 67.3 Å². The Bertz CT molecular complexity index is 999. The number of para-hydroxylation sites is 1. The number of hydrazine groups is 1. The summed E-state index contributed by atoms with van der Waals surface area (Å²) >= 11 is 0. The molecular weight excluding hydrogens is 367 g/mol. The minimum absolute atomic E-state index is 0.227. The van der Waals surface area contributed by atoms with Crippen LogP contribution in [0.15, 0.2) is 97.2 Å². The third kappa shape index (κ3) is 6.07. The molecule has 0 aliphatic carbocycles. The van der Waals surface area contributed by atoms with Crippen molar-refractivity contribution in [2.45, 2.75) is 6.61 Å². The predicted octanol–water partition coefficient (Wildman–Crippen LogP) is 4.87. The van der Waals surface area contributed by atoms with E-state index in [4.69, 9.17) is 4.74 Å². The Kier molecular flexibility index (Phi) is 6.79. The van der Waals surface area contributed by atoms with Gasteiger partial charge in [-0.3, -0.25) is 15.6 Å². The molecule has 0 aromatic heterocycles. The van der Waals surface area contributed by atoms with Gasteiger partial charge in [0.2, 0.25) is 0 Å². The standard InChI is InChI=1S/C24H21FN2O2/c1-18(11-12-19-7-3-2-4-8-19)26-27-24(28)22-9-5-6-10-23(22)29-17-20-13-15-21(25)16-14-20/h2-16,26H,1,17H2,(H,27,28)/b12-11+. The van der Waals surface area contributed by atoms with Crippen molar-refractivity contribution in [3.63, 3.8) is 0 Å². The van der Waals surface area contributed by atoms with Crippen LogP contribution in [0.1, 0.15) is 21.5 Å². The molecule has 0 heterocycles. The van der Waals surface area contributed by atoms with E-state index in [9.17, 15) is 9.18 Å². The van der Waals surface area contributed by atoms with Crippen LogP contribution in [0.4, 0.5) is 4.39 Å². The molecule has 29 heavy (non-hydrogen) atoms. The van der Waals surface area contributed by atoms with Gasteiger partial charge >= 0.3 is 0 Å². The molecule has 0 saturated heterocycles. The zero-order chi connectivity index (χ0) is 20.5. The van der Waals surface area contributed by atoms with Crippen LogP contribution in [0.3, 0.4) is 0 Å². The lowest BCUT2D eigenvalue weighted by Crippen LogP contribution is -2.36. The zero-order valence-corrected chi connectivity index (χ0v) is 15.8. The Morgan fingerprint density at radius 2 is 1.62 bits per heavy atom. The predicted molar refractivity (Wildman–Crippen MR) is 112 cm³/mol. The van der Waals surface area contributed by atoms with Crippen molar-refractivity contribution in [1.29, 1.82) is 0 Å². The van der Waals surface area contributed by atoms with Gasteiger partial charge in [-0.15, -0.1) is 0 Å². The number of hydrogen-bond acceptors (Lipinski definition) is 3. The topological polar surface area (TPSA) is 50.4 Å². The molecular formula is C24H21FN2O2. The molecule has 146 valence electrons.